The summed E-state index contributed by atoms with van der Waals surface area (Å²) < 4.78 is 0. The summed E-state index contributed by atoms with van der Waals surface area (Å²) >= 11 is 0. The van der Waals surface area contributed by atoms with Gasteiger partial charge in [-0.2, -0.15) is 0 Å². The van der Waals surface area contributed by atoms with Crippen molar-refractivity contribution in [2.75, 3.05) is 18.9 Å². The fraction of sp³-hybridized carbons (Fsp3) is 0.562. The van der Waals surface area contributed by atoms with E-state index in [-0.39, 0.29) is 5.91 Å². The highest BCUT2D eigenvalue weighted by Crippen LogP contribution is 2.11. The maximum Gasteiger partial charge on any atom is 0.225 e. The monoisotopic (exact) mass is 277 g/mol. The van der Waals surface area contributed by atoms with Crippen LogP contribution in [-0.4, -0.2) is 30.4 Å². The first-order chi connectivity index (χ1) is 9.56. The number of anilines is 1. The van der Waals surface area contributed by atoms with Crippen molar-refractivity contribution in [1.82, 2.24) is 4.90 Å². The molecule has 4 nitrogen and oxygen atoms in total. The maximum atomic E-state index is 11.9. The van der Waals surface area contributed by atoms with Gasteiger partial charge in [0.05, 0.1) is 0 Å². The Kier molecular flexibility index (Phi) is 7.26. The van der Waals surface area contributed by atoms with Gasteiger partial charge in [-0.05, 0) is 38.1 Å². The highest BCUT2D eigenvalue weighted by atomic mass is 16.1. The Morgan fingerprint density at radius 2 is 2.20 bits per heavy atom. The van der Waals surface area contributed by atoms with Gasteiger partial charge in [0.1, 0.15) is 0 Å². The molecule has 0 aliphatic heterocycles. The van der Waals surface area contributed by atoms with E-state index in [9.17, 15) is 4.79 Å². The molecule has 1 aromatic carbocycles. The molecule has 0 saturated heterocycles. The van der Waals surface area contributed by atoms with Gasteiger partial charge in [-0.1, -0.05) is 25.5 Å². The summed E-state index contributed by atoms with van der Waals surface area (Å²) in [7, 11) is 2.07. The molecule has 0 fully saturated rings. The van der Waals surface area contributed by atoms with Crippen LogP contribution >= 0.6 is 0 Å². The van der Waals surface area contributed by atoms with Crippen LogP contribution in [0.5, 0.6) is 0 Å². The molecule has 1 unspecified atom stereocenters. The first-order valence-corrected chi connectivity index (χ1v) is 7.36. The normalized spacial score (nSPS) is 12.4. The van der Waals surface area contributed by atoms with E-state index in [4.69, 9.17) is 5.73 Å². The van der Waals surface area contributed by atoms with Crippen LogP contribution in [0.2, 0.25) is 0 Å². The largest absolute Gasteiger partial charge is 0.326 e. The molecular weight excluding hydrogens is 250 g/mol. The van der Waals surface area contributed by atoms with E-state index in [2.05, 4.69) is 31.1 Å². The number of carbonyl (C=O) groups is 1. The van der Waals surface area contributed by atoms with Crippen molar-refractivity contribution in [3.63, 3.8) is 0 Å². The van der Waals surface area contributed by atoms with Crippen molar-refractivity contribution in [1.29, 1.82) is 0 Å². The van der Waals surface area contributed by atoms with Crippen LogP contribution in [0.15, 0.2) is 24.3 Å². The van der Waals surface area contributed by atoms with Crippen molar-refractivity contribution >= 4 is 11.6 Å². The molecule has 3 N–H and O–H groups in total. The molecule has 1 aromatic rings. The number of rotatable bonds is 8. The van der Waals surface area contributed by atoms with E-state index in [0.717, 1.165) is 24.2 Å². The average molecular weight is 277 g/mol. The van der Waals surface area contributed by atoms with Crippen LogP contribution in [0.25, 0.3) is 0 Å². The number of nitrogens with one attached hydrogen (secondary N) is 1. The second kappa shape index (κ2) is 8.72. The van der Waals surface area contributed by atoms with E-state index in [1.165, 1.54) is 6.42 Å². The van der Waals surface area contributed by atoms with E-state index >= 15 is 0 Å². The van der Waals surface area contributed by atoms with Gasteiger partial charge in [0.25, 0.3) is 0 Å². The number of hydrogen-bond donors (Lipinski definition) is 2. The minimum atomic E-state index is 0.0507. The van der Waals surface area contributed by atoms with E-state index in [0.29, 0.717) is 19.0 Å². The molecule has 112 valence electrons. The van der Waals surface area contributed by atoms with Gasteiger partial charge in [-0.15, -0.1) is 0 Å². The van der Waals surface area contributed by atoms with Gasteiger partial charge in [0.2, 0.25) is 5.91 Å². The van der Waals surface area contributed by atoms with Gasteiger partial charge in [0.15, 0.2) is 0 Å². The first kappa shape index (κ1) is 16.7. The van der Waals surface area contributed by atoms with Crippen LogP contribution < -0.4 is 11.1 Å². The quantitative estimate of drug-likeness (QED) is 0.768. The summed E-state index contributed by atoms with van der Waals surface area (Å²) in [6.45, 7) is 5.65. The average Bonchev–Trinajstić information content (AvgIpc) is 2.45. The smallest absolute Gasteiger partial charge is 0.225 e. The van der Waals surface area contributed by atoms with E-state index in [1.54, 1.807) is 0 Å². The molecule has 0 spiro atoms. The third-order valence-electron chi connectivity index (χ3n) is 3.60. The first-order valence-electron chi connectivity index (χ1n) is 7.36. The van der Waals surface area contributed by atoms with Gasteiger partial charge >= 0.3 is 0 Å². The summed E-state index contributed by atoms with van der Waals surface area (Å²) in [4.78, 5) is 14.2. The van der Waals surface area contributed by atoms with Crippen molar-refractivity contribution in [3.05, 3.63) is 29.8 Å². The minimum absolute atomic E-state index is 0.0507. The molecular formula is C16H27N3O. The van der Waals surface area contributed by atoms with Crippen molar-refractivity contribution in [2.24, 2.45) is 5.73 Å². The van der Waals surface area contributed by atoms with Crippen LogP contribution in [0.4, 0.5) is 5.69 Å². The fourth-order valence-electron chi connectivity index (χ4n) is 2.14. The number of benzene rings is 1. The van der Waals surface area contributed by atoms with Crippen molar-refractivity contribution in [3.8, 4) is 0 Å². The standard InChI is InChI=1S/C16H27N3O/c1-4-6-13(2)19(3)10-9-16(20)18-15-8-5-7-14(11-15)12-17/h5,7-8,11,13H,4,6,9-10,12,17H2,1-3H3,(H,18,20). The molecule has 1 rings (SSSR count). The lowest BCUT2D eigenvalue weighted by Gasteiger charge is -2.23. The van der Waals surface area contributed by atoms with E-state index < -0.39 is 0 Å². The summed E-state index contributed by atoms with van der Waals surface area (Å²) in [6, 6.07) is 8.19. The molecule has 1 atom stereocenters. The third-order valence-corrected chi connectivity index (χ3v) is 3.60. The molecule has 0 aliphatic carbocycles. The van der Waals surface area contributed by atoms with Crippen LogP contribution in [0, 0.1) is 0 Å². The van der Waals surface area contributed by atoms with E-state index in [1.807, 2.05) is 24.3 Å². The van der Waals surface area contributed by atoms with Gasteiger partial charge in [-0.25, -0.2) is 0 Å². The summed E-state index contributed by atoms with van der Waals surface area (Å²) in [5.41, 5.74) is 7.44. The lowest BCUT2D eigenvalue weighted by atomic mass is 10.1. The molecule has 0 radical (unpaired) electrons. The second-order valence-corrected chi connectivity index (χ2v) is 5.32. The van der Waals surface area contributed by atoms with Gasteiger partial charge < -0.3 is 16.0 Å². The minimum Gasteiger partial charge on any atom is -0.326 e. The van der Waals surface area contributed by atoms with Crippen molar-refractivity contribution < 1.29 is 4.79 Å². The number of nitrogens with zero attached hydrogens (tertiary/aromatic N) is 1. The number of hydrogen-bond acceptors (Lipinski definition) is 3. The zero-order valence-electron chi connectivity index (χ0n) is 12.9. The highest BCUT2D eigenvalue weighted by molar-refractivity contribution is 5.90. The number of nitrogens with two attached hydrogens (primary N) is 1. The molecule has 0 saturated carbocycles. The third kappa shape index (κ3) is 5.72. The predicted octanol–water partition coefficient (Wildman–Crippen LogP) is 2.59. The topological polar surface area (TPSA) is 58.4 Å². The predicted molar refractivity (Wildman–Crippen MR) is 84.6 cm³/mol. The van der Waals surface area contributed by atoms with Crippen LogP contribution in [-0.2, 0) is 11.3 Å². The Balaban J connectivity index is 2.39. The Morgan fingerprint density at radius 3 is 2.85 bits per heavy atom. The van der Waals surface area contributed by atoms with Crippen molar-refractivity contribution in [2.45, 2.75) is 45.7 Å². The highest BCUT2D eigenvalue weighted by Gasteiger charge is 2.10. The molecule has 0 bridgehead atoms. The Hall–Kier alpha value is -1.39. The number of carbonyl (C=O) groups excluding carboxylic acids is 1. The summed E-state index contributed by atoms with van der Waals surface area (Å²) in [5.74, 6) is 0.0507. The van der Waals surface area contributed by atoms with Gasteiger partial charge in [-0.3, -0.25) is 4.79 Å². The zero-order valence-corrected chi connectivity index (χ0v) is 12.9. The molecule has 0 aliphatic rings. The fourth-order valence-corrected chi connectivity index (χ4v) is 2.14. The maximum absolute atomic E-state index is 11.9. The Morgan fingerprint density at radius 1 is 1.45 bits per heavy atom. The molecule has 0 heterocycles. The lowest BCUT2D eigenvalue weighted by Crippen LogP contribution is -2.32. The molecule has 0 aromatic heterocycles. The molecule has 4 heteroatoms. The van der Waals surface area contributed by atoms with Gasteiger partial charge in [0, 0.05) is 31.2 Å². The number of amides is 1. The zero-order chi connectivity index (χ0) is 15.0. The van der Waals surface area contributed by atoms with Crippen LogP contribution in [0.3, 0.4) is 0 Å². The lowest BCUT2D eigenvalue weighted by molar-refractivity contribution is -0.116. The SMILES string of the molecule is CCCC(C)N(C)CCC(=O)Nc1cccc(CN)c1. The Bertz CT molecular complexity index is 420. The molecule has 20 heavy (non-hydrogen) atoms. The molecule has 1 amide bonds. The van der Waals surface area contributed by atoms with Crippen LogP contribution in [0.1, 0.15) is 38.7 Å². The second-order valence-electron chi connectivity index (χ2n) is 5.32. The summed E-state index contributed by atoms with van der Waals surface area (Å²) in [6.07, 6.45) is 2.84. The Labute approximate surface area is 122 Å². The summed E-state index contributed by atoms with van der Waals surface area (Å²) in [5, 5.41) is 2.92.